The molecule has 1 atom stereocenters. The van der Waals surface area contributed by atoms with Crippen molar-refractivity contribution in [2.24, 2.45) is 0 Å². The molecule has 0 saturated heterocycles. The molecule has 1 rings (SSSR count). The zero-order chi connectivity index (χ0) is 18.9. The van der Waals surface area contributed by atoms with Crippen molar-refractivity contribution in [3.05, 3.63) is 35.9 Å². The summed E-state index contributed by atoms with van der Waals surface area (Å²) in [6.45, 7) is 5.06. The third kappa shape index (κ3) is 8.71. The predicted molar refractivity (Wildman–Crippen MR) is 87.8 cm³/mol. The third-order valence-corrected chi connectivity index (χ3v) is 2.72. The zero-order valence-corrected chi connectivity index (χ0v) is 14.7. The predicted octanol–water partition coefficient (Wildman–Crippen LogP) is 2.41. The van der Waals surface area contributed by atoms with Crippen LogP contribution in [0.5, 0.6) is 0 Å². The van der Waals surface area contributed by atoms with Crippen molar-refractivity contribution in [2.45, 2.75) is 39.0 Å². The summed E-state index contributed by atoms with van der Waals surface area (Å²) < 4.78 is 19.2. The molecule has 0 heterocycles. The van der Waals surface area contributed by atoms with Gasteiger partial charge in [0.1, 0.15) is 5.60 Å². The molecular weight excluding hydrogens is 330 g/mol. The van der Waals surface area contributed by atoms with E-state index in [2.05, 4.69) is 14.8 Å². The summed E-state index contributed by atoms with van der Waals surface area (Å²) in [7, 11) is 1.07. The highest BCUT2D eigenvalue weighted by Crippen LogP contribution is 2.08. The van der Waals surface area contributed by atoms with Crippen molar-refractivity contribution < 1.29 is 33.3 Å². The number of rotatable bonds is 6. The summed E-state index contributed by atoms with van der Waals surface area (Å²) in [6, 6.07) is 8.04. The van der Waals surface area contributed by atoms with Gasteiger partial charge < -0.3 is 24.3 Å². The molecule has 0 aliphatic heterocycles. The molecule has 1 amide bonds. The summed E-state index contributed by atoms with van der Waals surface area (Å²) >= 11 is 0. The van der Waals surface area contributed by atoms with Crippen LogP contribution in [0.2, 0.25) is 0 Å². The number of methoxy groups -OCH3 is 1. The van der Waals surface area contributed by atoms with Crippen LogP contribution in [-0.2, 0) is 30.3 Å². The molecule has 0 saturated carbocycles. The van der Waals surface area contributed by atoms with Crippen LogP contribution in [-0.4, -0.2) is 43.6 Å². The van der Waals surface area contributed by atoms with Gasteiger partial charge in [0.2, 0.25) is 0 Å². The second kappa shape index (κ2) is 9.63. The van der Waals surface area contributed by atoms with Crippen molar-refractivity contribution in [3.63, 3.8) is 0 Å². The minimum Gasteiger partial charge on any atom is -0.444 e. The van der Waals surface area contributed by atoms with Crippen molar-refractivity contribution in [1.29, 1.82) is 0 Å². The maximum absolute atomic E-state index is 12.0. The van der Waals surface area contributed by atoms with Crippen LogP contribution in [0.3, 0.4) is 0 Å². The fourth-order valence-corrected chi connectivity index (χ4v) is 1.68. The van der Waals surface area contributed by atoms with Gasteiger partial charge in [-0.3, -0.25) is 0 Å². The van der Waals surface area contributed by atoms with E-state index in [4.69, 9.17) is 9.47 Å². The topological polar surface area (TPSA) is 100 Å². The van der Waals surface area contributed by atoms with E-state index in [-0.39, 0.29) is 13.2 Å². The van der Waals surface area contributed by atoms with E-state index in [1.54, 1.807) is 20.8 Å². The van der Waals surface area contributed by atoms with E-state index in [0.29, 0.717) is 0 Å². The first-order chi connectivity index (χ1) is 11.7. The molecule has 0 aliphatic carbocycles. The van der Waals surface area contributed by atoms with Crippen LogP contribution >= 0.6 is 0 Å². The lowest BCUT2D eigenvalue weighted by Crippen LogP contribution is -2.47. The van der Waals surface area contributed by atoms with Gasteiger partial charge in [-0.2, -0.15) is 0 Å². The molecule has 0 bridgehead atoms. The maximum Gasteiger partial charge on any atom is 0.515 e. The van der Waals surface area contributed by atoms with Crippen molar-refractivity contribution >= 4 is 18.2 Å². The van der Waals surface area contributed by atoms with Crippen LogP contribution in [0.15, 0.2) is 30.3 Å². The first-order valence-corrected chi connectivity index (χ1v) is 7.62. The Hall–Kier alpha value is -2.61. The first-order valence-electron chi connectivity index (χ1n) is 7.62. The van der Waals surface area contributed by atoms with Crippen LogP contribution in [0.25, 0.3) is 0 Å². The fourth-order valence-electron chi connectivity index (χ4n) is 1.68. The van der Waals surface area contributed by atoms with Gasteiger partial charge in [-0.05, 0) is 26.3 Å². The van der Waals surface area contributed by atoms with Crippen LogP contribution in [0, 0.1) is 0 Å². The van der Waals surface area contributed by atoms with Gasteiger partial charge in [0, 0.05) is 0 Å². The molecular formula is C17H23NO7. The minimum atomic E-state index is -1.22. The van der Waals surface area contributed by atoms with Gasteiger partial charge in [0.25, 0.3) is 0 Å². The molecule has 0 fully saturated rings. The summed E-state index contributed by atoms with van der Waals surface area (Å²) in [4.78, 5) is 34.9. The van der Waals surface area contributed by atoms with Crippen LogP contribution < -0.4 is 5.32 Å². The number of amides is 1. The monoisotopic (exact) mass is 353 g/mol. The Kier molecular flexibility index (Phi) is 7.87. The van der Waals surface area contributed by atoms with Gasteiger partial charge in [-0.15, -0.1) is 0 Å². The lowest BCUT2D eigenvalue weighted by atomic mass is 10.2. The molecule has 8 nitrogen and oxygen atoms in total. The molecule has 8 heteroatoms. The molecule has 0 aliphatic rings. The van der Waals surface area contributed by atoms with Crippen LogP contribution in [0.4, 0.5) is 9.59 Å². The summed E-state index contributed by atoms with van der Waals surface area (Å²) in [5.74, 6) is -1.01. The Bertz CT molecular complexity index is 580. The number of hydrogen-bond donors (Lipinski definition) is 1. The lowest BCUT2D eigenvalue weighted by Gasteiger charge is -2.22. The second-order valence-corrected chi connectivity index (χ2v) is 6.07. The highest BCUT2D eigenvalue weighted by molar-refractivity contribution is 5.88. The van der Waals surface area contributed by atoms with E-state index in [9.17, 15) is 14.4 Å². The van der Waals surface area contributed by atoms with Gasteiger partial charge in [0.05, 0.1) is 20.3 Å². The minimum absolute atomic E-state index is 0.204. The number of ether oxygens (including phenoxy) is 4. The number of esters is 1. The lowest BCUT2D eigenvalue weighted by molar-refractivity contribution is -0.143. The number of benzene rings is 1. The average molecular weight is 353 g/mol. The smallest absolute Gasteiger partial charge is 0.444 e. The molecule has 1 N–H and O–H groups in total. The summed E-state index contributed by atoms with van der Waals surface area (Å²) in [6.07, 6.45) is -2.01. The molecule has 138 valence electrons. The normalized spacial score (nSPS) is 12.0. The molecule has 1 aromatic rings. The number of nitrogens with one attached hydrogen (secondary N) is 1. The van der Waals surface area contributed by atoms with Gasteiger partial charge in [-0.1, -0.05) is 30.3 Å². The second-order valence-electron chi connectivity index (χ2n) is 6.07. The average Bonchev–Trinajstić information content (AvgIpc) is 2.53. The quantitative estimate of drug-likeness (QED) is 0.619. The first kappa shape index (κ1) is 20.4. The van der Waals surface area contributed by atoms with Crippen molar-refractivity contribution in [3.8, 4) is 0 Å². The highest BCUT2D eigenvalue weighted by Gasteiger charge is 2.27. The molecule has 1 unspecified atom stereocenters. The summed E-state index contributed by atoms with van der Waals surface area (Å²) in [5, 5.41) is 2.32. The SMILES string of the molecule is COC(=O)OC(=O)C(COCc1ccccc1)NC(=O)OC(C)(C)C. The van der Waals surface area contributed by atoms with E-state index in [1.807, 2.05) is 30.3 Å². The van der Waals surface area contributed by atoms with E-state index in [1.165, 1.54) is 0 Å². The molecule has 0 spiro atoms. The van der Waals surface area contributed by atoms with E-state index in [0.717, 1.165) is 12.7 Å². The third-order valence-electron chi connectivity index (χ3n) is 2.72. The zero-order valence-electron chi connectivity index (χ0n) is 14.7. The molecule has 0 radical (unpaired) electrons. The van der Waals surface area contributed by atoms with Gasteiger partial charge in [0.15, 0.2) is 6.04 Å². The van der Waals surface area contributed by atoms with Crippen molar-refractivity contribution in [2.75, 3.05) is 13.7 Å². The van der Waals surface area contributed by atoms with Crippen LogP contribution in [0.1, 0.15) is 26.3 Å². The number of alkyl carbamates (subject to hydrolysis) is 1. The van der Waals surface area contributed by atoms with Gasteiger partial charge in [-0.25, -0.2) is 14.4 Å². The van der Waals surface area contributed by atoms with E-state index >= 15 is 0 Å². The number of carbonyl (C=O) groups excluding carboxylic acids is 3. The molecule has 25 heavy (non-hydrogen) atoms. The molecule has 1 aromatic carbocycles. The van der Waals surface area contributed by atoms with E-state index < -0.39 is 29.9 Å². The Morgan fingerprint density at radius 2 is 1.76 bits per heavy atom. The van der Waals surface area contributed by atoms with Gasteiger partial charge >= 0.3 is 18.2 Å². The Balaban J connectivity index is 2.64. The Morgan fingerprint density at radius 3 is 2.32 bits per heavy atom. The standard InChI is InChI=1S/C17H23NO7/c1-17(2,3)25-15(20)18-13(14(19)24-16(21)22-4)11-23-10-12-8-6-5-7-9-12/h5-9,13H,10-11H2,1-4H3,(H,18,20). The number of hydrogen-bond acceptors (Lipinski definition) is 7. The largest absolute Gasteiger partial charge is 0.515 e. The van der Waals surface area contributed by atoms with Crippen molar-refractivity contribution in [1.82, 2.24) is 5.32 Å². The molecule has 0 aromatic heterocycles. The number of carbonyl (C=O) groups is 3. The maximum atomic E-state index is 12.0. The summed E-state index contributed by atoms with van der Waals surface area (Å²) in [5.41, 5.74) is 0.144. The fraction of sp³-hybridized carbons (Fsp3) is 0.471. The highest BCUT2D eigenvalue weighted by atomic mass is 16.7. The Labute approximate surface area is 146 Å². The Morgan fingerprint density at radius 1 is 1.12 bits per heavy atom.